The molecule has 0 aliphatic heterocycles. The maximum atomic E-state index is 12.4. The lowest BCUT2D eigenvalue weighted by atomic mass is 10.1. The van der Waals surface area contributed by atoms with E-state index in [1.165, 1.54) is 24.3 Å². The van der Waals surface area contributed by atoms with E-state index < -0.39 is 10.9 Å². The van der Waals surface area contributed by atoms with Crippen molar-refractivity contribution in [2.45, 2.75) is 6.61 Å². The number of ether oxygens (including phenoxy) is 3. The predicted octanol–water partition coefficient (Wildman–Crippen LogP) is 6.01. The van der Waals surface area contributed by atoms with Gasteiger partial charge in [-0.1, -0.05) is 12.1 Å². The highest BCUT2D eigenvalue weighted by Gasteiger charge is 2.10. The fraction of sp³-hybridized carbons (Fsp3) is 0.0714. The number of hydrogen-bond donors (Lipinski definition) is 1. The molecule has 0 aliphatic carbocycles. The number of amides is 1. The summed E-state index contributed by atoms with van der Waals surface area (Å²) in [5.41, 5.74) is 2.11. The monoisotopic (exact) mass is 498 g/mol. The van der Waals surface area contributed by atoms with Crippen molar-refractivity contribution in [3.8, 4) is 17.2 Å². The second-order valence-electron chi connectivity index (χ2n) is 7.83. The van der Waals surface area contributed by atoms with Crippen LogP contribution in [0.1, 0.15) is 26.3 Å². The zero-order valence-electron chi connectivity index (χ0n) is 19.7. The summed E-state index contributed by atoms with van der Waals surface area (Å²) in [6.07, 6.45) is 0. The number of anilines is 1. The topological polar surface area (TPSA) is 117 Å². The third-order valence-electron chi connectivity index (χ3n) is 5.31. The molecule has 0 unspecified atom stereocenters. The van der Waals surface area contributed by atoms with Crippen LogP contribution in [0.5, 0.6) is 17.2 Å². The van der Waals surface area contributed by atoms with Crippen molar-refractivity contribution < 1.29 is 28.7 Å². The van der Waals surface area contributed by atoms with E-state index in [0.717, 1.165) is 5.56 Å². The van der Waals surface area contributed by atoms with Gasteiger partial charge in [-0.25, -0.2) is 4.79 Å². The number of rotatable bonds is 9. The second kappa shape index (κ2) is 11.5. The van der Waals surface area contributed by atoms with Crippen LogP contribution in [-0.2, 0) is 11.3 Å². The molecule has 0 atom stereocenters. The van der Waals surface area contributed by atoms with Gasteiger partial charge in [0.25, 0.3) is 11.6 Å². The van der Waals surface area contributed by atoms with E-state index in [9.17, 15) is 19.7 Å². The molecule has 0 saturated heterocycles. The predicted molar refractivity (Wildman–Crippen MR) is 136 cm³/mol. The van der Waals surface area contributed by atoms with Crippen LogP contribution in [0.15, 0.2) is 97.1 Å². The van der Waals surface area contributed by atoms with Crippen LogP contribution in [0.25, 0.3) is 0 Å². The van der Waals surface area contributed by atoms with E-state index in [1.54, 1.807) is 79.9 Å². The van der Waals surface area contributed by atoms with Gasteiger partial charge < -0.3 is 19.5 Å². The first-order valence-electron chi connectivity index (χ1n) is 11.1. The quantitative estimate of drug-likeness (QED) is 0.171. The normalized spacial score (nSPS) is 10.3. The lowest BCUT2D eigenvalue weighted by Crippen LogP contribution is -2.12. The number of carbonyl (C=O) groups excluding carboxylic acids is 2. The molecular weight excluding hydrogens is 476 g/mol. The number of nitrogens with one attached hydrogen (secondary N) is 1. The van der Waals surface area contributed by atoms with Crippen LogP contribution < -0.4 is 14.8 Å². The number of carbonyl (C=O) groups is 2. The van der Waals surface area contributed by atoms with Crippen LogP contribution in [0.2, 0.25) is 0 Å². The molecule has 4 aromatic rings. The Morgan fingerprint density at radius 3 is 1.86 bits per heavy atom. The van der Waals surface area contributed by atoms with Gasteiger partial charge in [-0.3, -0.25) is 14.9 Å². The molecule has 0 fully saturated rings. The summed E-state index contributed by atoms with van der Waals surface area (Å²) in [5, 5.41) is 13.5. The molecule has 4 aromatic carbocycles. The Hall–Kier alpha value is -5.18. The highest BCUT2D eigenvalue weighted by molar-refractivity contribution is 6.04. The van der Waals surface area contributed by atoms with Gasteiger partial charge in [0.1, 0.15) is 23.9 Å². The van der Waals surface area contributed by atoms with Gasteiger partial charge in [-0.05, 0) is 78.4 Å². The zero-order valence-corrected chi connectivity index (χ0v) is 19.7. The molecule has 0 aromatic heterocycles. The Kier molecular flexibility index (Phi) is 7.75. The fourth-order valence-corrected chi connectivity index (χ4v) is 3.29. The summed E-state index contributed by atoms with van der Waals surface area (Å²) in [6.45, 7) is 0.0621. The smallest absolute Gasteiger partial charge is 0.338 e. The molecule has 0 radical (unpaired) electrons. The number of benzene rings is 4. The van der Waals surface area contributed by atoms with E-state index >= 15 is 0 Å². The highest BCUT2D eigenvalue weighted by atomic mass is 16.6. The number of methoxy groups -OCH3 is 1. The molecule has 9 nitrogen and oxygen atoms in total. The van der Waals surface area contributed by atoms with E-state index in [1.807, 2.05) is 0 Å². The van der Waals surface area contributed by atoms with Crippen molar-refractivity contribution in [2.24, 2.45) is 0 Å². The van der Waals surface area contributed by atoms with E-state index in [0.29, 0.717) is 34.1 Å². The van der Waals surface area contributed by atoms with Gasteiger partial charge in [0, 0.05) is 23.4 Å². The van der Waals surface area contributed by atoms with Crippen molar-refractivity contribution in [1.29, 1.82) is 0 Å². The van der Waals surface area contributed by atoms with Crippen LogP contribution >= 0.6 is 0 Å². The standard InChI is InChI=1S/C28H22N2O7/c1-35-24-14-6-20(7-15-24)27(31)29-22-8-4-21(5-9-22)28(32)36-18-19-2-12-25(13-3-19)37-26-16-10-23(11-17-26)30(33)34/h2-17H,18H2,1H3,(H,29,31). The number of nitro groups is 1. The Bertz CT molecular complexity index is 1380. The fourth-order valence-electron chi connectivity index (χ4n) is 3.29. The average Bonchev–Trinajstić information content (AvgIpc) is 2.93. The lowest BCUT2D eigenvalue weighted by Gasteiger charge is -2.09. The van der Waals surface area contributed by atoms with Gasteiger partial charge >= 0.3 is 5.97 Å². The van der Waals surface area contributed by atoms with Gasteiger partial charge in [-0.15, -0.1) is 0 Å². The van der Waals surface area contributed by atoms with Crippen LogP contribution in [0, 0.1) is 10.1 Å². The molecule has 0 aliphatic rings. The van der Waals surface area contributed by atoms with Gasteiger partial charge in [0.05, 0.1) is 17.6 Å². The van der Waals surface area contributed by atoms with Crippen molar-refractivity contribution in [3.05, 3.63) is 124 Å². The Balaban J connectivity index is 1.27. The minimum Gasteiger partial charge on any atom is -0.497 e. The molecule has 37 heavy (non-hydrogen) atoms. The van der Waals surface area contributed by atoms with Crippen LogP contribution in [0.3, 0.4) is 0 Å². The van der Waals surface area contributed by atoms with Gasteiger partial charge in [0.2, 0.25) is 0 Å². The van der Waals surface area contributed by atoms with Crippen molar-refractivity contribution in [1.82, 2.24) is 0 Å². The maximum Gasteiger partial charge on any atom is 0.338 e. The molecule has 186 valence electrons. The summed E-state index contributed by atoms with van der Waals surface area (Å²) < 4.78 is 16.1. The second-order valence-corrected chi connectivity index (χ2v) is 7.83. The molecule has 4 rings (SSSR count). The van der Waals surface area contributed by atoms with Crippen molar-refractivity contribution in [3.63, 3.8) is 0 Å². The summed E-state index contributed by atoms with van der Waals surface area (Å²) in [5.74, 6) is 0.883. The summed E-state index contributed by atoms with van der Waals surface area (Å²) in [7, 11) is 1.55. The summed E-state index contributed by atoms with van der Waals surface area (Å²) >= 11 is 0. The minimum absolute atomic E-state index is 0.0162. The number of nitrogens with zero attached hydrogens (tertiary/aromatic N) is 1. The maximum absolute atomic E-state index is 12.4. The minimum atomic E-state index is -0.501. The first kappa shape index (κ1) is 24.9. The average molecular weight is 498 g/mol. The number of non-ortho nitro benzene ring substituents is 1. The molecule has 9 heteroatoms. The Morgan fingerprint density at radius 2 is 1.30 bits per heavy atom. The van der Waals surface area contributed by atoms with Crippen LogP contribution in [0.4, 0.5) is 11.4 Å². The number of hydrogen-bond acceptors (Lipinski definition) is 7. The number of nitro benzene ring substituents is 1. The summed E-state index contributed by atoms with van der Waals surface area (Å²) in [4.78, 5) is 35.1. The van der Waals surface area contributed by atoms with Crippen LogP contribution in [-0.4, -0.2) is 23.9 Å². The third-order valence-corrected chi connectivity index (χ3v) is 5.31. The molecule has 1 amide bonds. The van der Waals surface area contributed by atoms with E-state index in [4.69, 9.17) is 14.2 Å². The Morgan fingerprint density at radius 1 is 0.757 bits per heavy atom. The first-order chi connectivity index (χ1) is 17.9. The highest BCUT2D eigenvalue weighted by Crippen LogP contribution is 2.24. The lowest BCUT2D eigenvalue weighted by molar-refractivity contribution is -0.384. The largest absolute Gasteiger partial charge is 0.497 e. The molecule has 0 spiro atoms. The third kappa shape index (κ3) is 6.70. The molecule has 1 N–H and O–H groups in total. The first-order valence-corrected chi connectivity index (χ1v) is 11.1. The van der Waals surface area contributed by atoms with E-state index in [2.05, 4.69) is 5.32 Å². The number of esters is 1. The Labute approximate surface area is 212 Å². The summed E-state index contributed by atoms with van der Waals surface area (Å²) in [6, 6.07) is 25.8. The molecular formula is C28H22N2O7. The van der Waals surface area contributed by atoms with Gasteiger partial charge in [-0.2, -0.15) is 0 Å². The molecule has 0 bridgehead atoms. The van der Waals surface area contributed by atoms with Crippen molar-refractivity contribution >= 4 is 23.3 Å². The van der Waals surface area contributed by atoms with E-state index in [-0.39, 0.29) is 18.2 Å². The molecule has 0 saturated carbocycles. The zero-order chi connectivity index (χ0) is 26.2. The SMILES string of the molecule is COc1ccc(C(=O)Nc2ccc(C(=O)OCc3ccc(Oc4ccc([N+](=O)[O-])cc4)cc3)cc2)cc1. The van der Waals surface area contributed by atoms with Crippen molar-refractivity contribution in [2.75, 3.05) is 12.4 Å². The molecule has 0 heterocycles. The van der Waals surface area contributed by atoms with Gasteiger partial charge in [0.15, 0.2) is 0 Å².